The van der Waals surface area contributed by atoms with Gasteiger partial charge in [-0.2, -0.15) is 0 Å². The minimum absolute atomic E-state index is 0.00574. The van der Waals surface area contributed by atoms with Crippen molar-refractivity contribution in [2.24, 2.45) is 0 Å². The minimum Gasteiger partial charge on any atom is -0.391 e. The van der Waals surface area contributed by atoms with Gasteiger partial charge in [0.1, 0.15) is 0 Å². The molecule has 1 fully saturated rings. The summed E-state index contributed by atoms with van der Waals surface area (Å²) in [4.78, 5) is 11.0. The molecule has 1 saturated carbocycles. The minimum atomic E-state index is -0.325. The van der Waals surface area contributed by atoms with Gasteiger partial charge in [-0.15, -0.1) is 0 Å². The normalized spacial score (nSPS) is 29.8. The Labute approximate surface area is 73.2 Å². The maximum atomic E-state index is 11.0. The monoisotopic (exact) mass is 171 g/mol. The smallest absolute Gasteiger partial charge is 0.220 e. The number of hydrogen-bond donors (Lipinski definition) is 2. The first kappa shape index (κ1) is 9.52. The third kappa shape index (κ3) is 2.48. The second-order valence-corrected chi connectivity index (χ2v) is 3.38. The summed E-state index contributed by atoms with van der Waals surface area (Å²) in [5, 5.41) is 12.3. The first-order valence-electron chi connectivity index (χ1n) is 4.71. The lowest BCUT2D eigenvalue weighted by Crippen LogP contribution is -2.44. The Hall–Kier alpha value is -0.570. The molecular weight excluding hydrogens is 154 g/mol. The van der Waals surface area contributed by atoms with Gasteiger partial charge in [0.25, 0.3) is 0 Å². The van der Waals surface area contributed by atoms with Crippen LogP contribution in [0.3, 0.4) is 0 Å². The van der Waals surface area contributed by atoms with Crippen LogP contribution in [0.1, 0.15) is 39.0 Å². The van der Waals surface area contributed by atoms with Gasteiger partial charge < -0.3 is 10.4 Å². The zero-order valence-electron chi connectivity index (χ0n) is 7.55. The maximum Gasteiger partial charge on any atom is 0.220 e. The van der Waals surface area contributed by atoms with Crippen molar-refractivity contribution >= 4 is 5.91 Å². The van der Waals surface area contributed by atoms with Gasteiger partial charge in [0.05, 0.1) is 12.1 Å². The Morgan fingerprint density at radius 1 is 1.50 bits per heavy atom. The zero-order chi connectivity index (χ0) is 8.97. The lowest BCUT2D eigenvalue weighted by Gasteiger charge is -2.28. The highest BCUT2D eigenvalue weighted by molar-refractivity contribution is 5.75. The molecule has 1 aliphatic rings. The van der Waals surface area contributed by atoms with E-state index in [2.05, 4.69) is 5.32 Å². The number of aliphatic hydroxyl groups excluding tert-OH is 1. The van der Waals surface area contributed by atoms with Gasteiger partial charge in [0, 0.05) is 6.42 Å². The topological polar surface area (TPSA) is 49.3 Å². The lowest BCUT2D eigenvalue weighted by molar-refractivity contribution is -0.122. The van der Waals surface area contributed by atoms with Gasteiger partial charge in [0.15, 0.2) is 0 Å². The van der Waals surface area contributed by atoms with Crippen LogP contribution < -0.4 is 5.32 Å². The fraction of sp³-hybridized carbons (Fsp3) is 0.889. The summed E-state index contributed by atoms with van der Waals surface area (Å²) in [5.41, 5.74) is 0. The van der Waals surface area contributed by atoms with E-state index in [1.165, 1.54) is 0 Å². The van der Waals surface area contributed by atoms with E-state index in [1.807, 2.05) is 6.92 Å². The predicted molar refractivity (Wildman–Crippen MR) is 46.7 cm³/mol. The molecule has 2 atom stereocenters. The van der Waals surface area contributed by atoms with Crippen LogP contribution in [-0.2, 0) is 4.79 Å². The molecule has 0 radical (unpaired) electrons. The predicted octanol–water partition coefficient (Wildman–Crippen LogP) is 0.816. The molecule has 2 N–H and O–H groups in total. The summed E-state index contributed by atoms with van der Waals surface area (Å²) in [6.45, 7) is 1.82. The molecule has 0 aromatic rings. The Bertz CT molecular complexity index is 159. The van der Waals surface area contributed by atoms with Gasteiger partial charge in [-0.1, -0.05) is 19.8 Å². The van der Waals surface area contributed by atoms with Crippen LogP contribution >= 0.6 is 0 Å². The summed E-state index contributed by atoms with van der Waals surface area (Å²) in [6.07, 6.45) is 4.13. The van der Waals surface area contributed by atoms with Gasteiger partial charge in [-0.05, 0) is 12.8 Å². The molecule has 1 amide bonds. The Kier molecular flexibility index (Phi) is 3.53. The number of aliphatic hydroxyl groups is 1. The van der Waals surface area contributed by atoms with Crippen LogP contribution in [0, 0.1) is 0 Å². The molecule has 0 spiro atoms. The van der Waals surface area contributed by atoms with E-state index in [0.717, 1.165) is 25.7 Å². The van der Waals surface area contributed by atoms with E-state index in [-0.39, 0.29) is 18.1 Å². The summed E-state index contributed by atoms with van der Waals surface area (Å²) < 4.78 is 0. The van der Waals surface area contributed by atoms with E-state index in [4.69, 9.17) is 0 Å². The maximum absolute atomic E-state index is 11.0. The summed E-state index contributed by atoms with van der Waals surface area (Å²) >= 11 is 0. The molecule has 3 heteroatoms. The van der Waals surface area contributed by atoms with Gasteiger partial charge in [-0.3, -0.25) is 4.79 Å². The number of carbonyl (C=O) groups excluding carboxylic acids is 1. The van der Waals surface area contributed by atoms with Crippen molar-refractivity contribution in [1.29, 1.82) is 0 Å². The highest BCUT2D eigenvalue weighted by Gasteiger charge is 2.23. The number of hydrogen-bond acceptors (Lipinski definition) is 2. The van der Waals surface area contributed by atoms with E-state index >= 15 is 0 Å². The molecule has 0 aliphatic heterocycles. The molecule has 1 rings (SSSR count). The largest absolute Gasteiger partial charge is 0.391 e. The van der Waals surface area contributed by atoms with E-state index < -0.39 is 0 Å². The Balaban J connectivity index is 2.33. The van der Waals surface area contributed by atoms with Crippen molar-refractivity contribution < 1.29 is 9.90 Å². The lowest BCUT2D eigenvalue weighted by atomic mass is 9.92. The molecule has 12 heavy (non-hydrogen) atoms. The number of amides is 1. The third-order valence-electron chi connectivity index (χ3n) is 2.40. The molecule has 0 aromatic heterocycles. The van der Waals surface area contributed by atoms with Crippen LogP contribution in [0.2, 0.25) is 0 Å². The van der Waals surface area contributed by atoms with E-state index in [1.54, 1.807) is 0 Å². The second-order valence-electron chi connectivity index (χ2n) is 3.38. The van der Waals surface area contributed by atoms with Crippen molar-refractivity contribution in [3.8, 4) is 0 Å². The van der Waals surface area contributed by atoms with E-state index in [9.17, 15) is 9.90 Å². The van der Waals surface area contributed by atoms with Crippen molar-refractivity contribution in [1.82, 2.24) is 5.32 Å². The Morgan fingerprint density at radius 3 is 2.75 bits per heavy atom. The molecule has 3 nitrogen and oxygen atoms in total. The van der Waals surface area contributed by atoms with Crippen LogP contribution in [0.25, 0.3) is 0 Å². The van der Waals surface area contributed by atoms with Crippen LogP contribution in [0.5, 0.6) is 0 Å². The van der Waals surface area contributed by atoms with Crippen LogP contribution in [0.15, 0.2) is 0 Å². The van der Waals surface area contributed by atoms with Crippen molar-refractivity contribution in [3.05, 3.63) is 0 Å². The quantitative estimate of drug-likeness (QED) is 0.646. The molecule has 0 unspecified atom stereocenters. The van der Waals surface area contributed by atoms with Crippen LogP contribution in [0.4, 0.5) is 0 Å². The molecular formula is C9H17NO2. The first-order chi connectivity index (χ1) is 5.74. The summed E-state index contributed by atoms with van der Waals surface area (Å²) in [5.74, 6) is 0.0425. The number of rotatable bonds is 2. The standard InChI is InChI=1S/C9H17NO2/c1-2-9(12)10-7-5-3-4-6-8(7)11/h7-8,11H,2-6H2,1H3,(H,10,12)/t7-,8-/m1/s1. The molecule has 0 saturated heterocycles. The zero-order valence-corrected chi connectivity index (χ0v) is 7.55. The first-order valence-corrected chi connectivity index (χ1v) is 4.71. The van der Waals surface area contributed by atoms with Crippen molar-refractivity contribution in [2.75, 3.05) is 0 Å². The van der Waals surface area contributed by atoms with Crippen LogP contribution in [-0.4, -0.2) is 23.2 Å². The molecule has 0 heterocycles. The number of nitrogens with one attached hydrogen (secondary N) is 1. The fourth-order valence-electron chi connectivity index (χ4n) is 1.59. The third-order valence-corrected chi connectivity index (χ3v) is 2.40. The summed E-state index contributed by atoms with van der Waals surface area (Å²) in [7, 11) is 0. The molecule has 0 bridgehead atoms. The number of carbonyl (C=O) groups is 1. The van der Waals surface area contributed by atoms with Crippen molar-refractivity contribution in [2.45, 2.75) is 51.2 Å². The van der Waals surface area contributed by atoms with Crippen molar-refractivity contribution in [3.63, 3.8) is 0 Å². The average Bonchev–Trinajstić information content (AvgIpc) is 2.09. The van der Waals surface area contributed by atoms with Gasteiger partial charge in [-0.25, -0.2) is 0 Å². The highest BCUT2D eigenvalue weighted by atomic mass is 16.3. The molecule has 1 aliphatic carbocycles. The molecule has 0 aromatic carbocycles. The Morgan fingerprint density at radius 2 is 2.17 bits per heavy atom. The molecule has 70 valence electrons. The second kappa shape index (κ2) is 4.45. The van der Waals surface area contributed by atoms with Gasteiger partial charge in [0.2, 0.25) is 5.91 Å². The van der Waals surface area contributed by atoms with Gasteiger partial charge >= 0.3 is 0 Å². The fourth-order valence-corrected chi connectivity index (χ4v) is 1.59. The van der Waals surface area contributed by atoms with E-state index in [0.29, 0.717) is 6.42 Å². The highest BCUT2D eigenvalue weighted by Crippen LogP contribution is 2.18. The average molecular weight is 171 g/mol. The summed E-state index contributed by atoms with van der Waals surface area (Å²) in [6, 6.07) is 0.00574. The SMILES string of the molecule is CCC(=O)N[C@@H]1CCCC[C@H]1O.